The number of benzene rings is 11. The molecule has 0 unspecified atom stereocenters. The van der Waals surface area contributed by atoms with E-state index in [-0.39, 0.29) is 0 Å². The highest BCUT2D eigenvalue weighted by molar-refractivity contribution is 5.95. The van der Waals surface area contributed by atoms with Gasteiger partial charge in [-0.1, -0.05) is 249 Å². The lowest BCUT2D eigenvalue weighted by Crippen LogP contribution is -2.00. The van der Waals surface area contributed by atoms with Crippen molar-refractivity contribution < 1.29 is 0 Å². The third-order valence-corrected chi connectivity index (χ3v) is 14.6. The highest BCUT2D eigenvalue weighted by atomic mass is 15.0. The fraction of sp³-hybridized carbons (Fsp3) is 0. The van der Waals surface area contributed by atoms with Gasteiger partial charge in [0.1, 0.15) is 0 Å². The molecule has 3 aromatic heterocycles. The molecule has 0 bridgehead atoms. The summed E-state index contributed by atoms with van der Waals surface area (Å²) in [6, 6.07) is 98.5. The van der Waals surface area contributed by atoms with Crippen molar-refractivity contribution in [3.05, 3.63) is 285 Å². The molecule has 0 fully saturated rings. The molecule has 0 N–H and O–H groups in total. The third kappa shape index (κ3) is 9.57. The molecule has 14 rings (SSSR count). The minimum Gasteiger partial charge on any atom is -0.228 e. The number of nitrogens with zero attached hydrogens (tertiary/aromatic N) is 7. The Balaban J connectivity index is 0.756. The first-order valence-corrected chi connectivity index (χ1v) is 26.7. The largest absolute Gasteiger partial charge is 0.228 e. The second-order valence-electron chi connectivity index (χ2n) is 19.7. The van der Waals surface area contributed by atoms with Crippen molar-refractivity contribution in [3.63, 3.8) is 0 Å². The lowest BCUT2D eigenvalue weighted by molar-refractivity contribution is 1.07. The first kappa shape index (κ1) is 47.6. The van der Waals surface area contributed by atoms with Gasteiger partial charge in [0.05, 0.1) is 22.4 Å². The second kappa shape index (κ2) is 20.9. The smallest absolute Gasteiger partial charge is 0.164 e. The number of hydrogen-bond acceptors (Lipinski definition) is 7. The van der Waals surface area contributed by atoms with Crippen molar-refractivity contribution in [3.8, 4) is 124 Å². The minimum atomic E-state index is 0.595. The van der Waals surface area contributed by atoms with Crippen molar-refractivity contribution in [2.45, 2.75) is 0 Å². The van der Waals surface area contributed by atoms with E-state index in [2.05, 4.69) is 194 Å². The van der Waals surface area contributed by atoms with E-state index < -0.39 is 0 Å². The van der Waals surface area contributed by atoms with Gasteiger partial charge in [0, 0.05) is 49.7 Å². The highest BCUT2D eigenvalue weighted by Crippen LogP contribution is 2.36. The molecule has 0 saturated heterocycles. The van der Waals surface area contributed by atoms with Gasteiger partial charge in [-0.05, 0) is 80.9 Å². The van der Waals surface area contributed by atoms with Gasteiger partial charge in [0.2, 0.25) is 0 Å². The van der Waals surface area contributed by atoms with Crippen LogP contribution < -0.4 is 0 Å². The predicted molar refractivity (Wildman–Crippen MR) is 326 cm³/mol. The van der Waals surface area contributed by atoms with E-state index >= 15 is 0 Å². The molecule has 0 amide bonds. The van der Waals surface area contributed by atoms with Gasteiger partial charge in [-0.15, -0.1) is 0 Å². The summed E-state index contributed by atoms with van der Waals surface area (Å²) in [7, 11) is 0. The van der Waals surface area contributed by atoms with E-state index in [0.717, 1.165) is 117 Å². The molecule has 11 aromatic carbocycles. The van der Waals surface area contributed by atoms with Gasteiger partial charge in [0.25, 0.3) is 0 Å². The average Bonchev–Trinajstić information content (AvgIpc) is 3.56. The Morgan fingerprint density at radius 3 is 0.762 bits per heavy atom. The van der Waals surface area contributed by atoms with E-state index in [1.807, 2.05) is 91.0 Å². The summed E-state index contributed by atoms with van der Waals surface area (Å²) >= 11 is 0. The highest BCUT2D eigenvalue weighted by Gasteiger charge is 2.17. The van der Waals surface area contributed by atoms with Crippen LogP contribution in [0.25, 0.3) is 146 Å². The molecule has 7 heteroatoms. The number of fused-ring (bicyclic) bond motifs is 2. The van der Waals surface area contributed by atoms with Gasteiger partial charge in [0.15, 0.2) is 29.1 Å². The third-order valence-electron chi connectivity index (χ3n) is 14.6. The maximum Gasteiger partial charge on any atom is 0.164 e. The van der Waals surface area contributed by atoms with E-state index in [0.29, 0.717) is 29.1 Å². The first-order chi connectivity index (χ1) is 39.6. The number of aromatic nitrogens is 7. The quantitative estimate of drug-likeness (QED) is 0.127. The molecule has 0 aliphatic heterocycles. The zero-order chi connectivity index (χ0) is 53.2. The molecule has 7 nitrogen and oxygen atoms in total. The summed E-state index contributed by atoms with van der Waals surface area (Å²) < 4.78 is 0. The maximum absolute atomic E-state index is 5.21. The number of hydrogen-bond donors (Lipinski definition) is 0. The molecule has 0 atom stereocenters. The van der Waals surface area contributed by atoms with Crippen LogP contribution in [0.2, 0.25) is 0 Å². The molecule has 80 heavy (non-hydrogen) atoms. The van der Waals surface area contributed by atoms with Crippen LogP contribution in [0.4, 0.5) is 0 Å². The topological polar surface area (TPSA) is 90.2 Å². The molecule has 0 spiro atoms. The Morgan fingerprint density at radius 1 is 0.150 bits per heavy atom. The number of para-hydroxylation sites is 2. The van der Waals surface area contributed by atoms with Crippen molar-refractivity contribution >= 4 is 21.8 Å². The lowest BCUT2D eigenvalue weighted by Gasteiger charge is -2.12. The van der Waals surface area contributed by atoms with Crippen LogP contribution in [0, 0.1) is 0 Å². The van der Waals surface area contributed by atoms with Crippen LogP contribution in [0.5, 0.6) is 0 Å². The monoisotopic (exact) mass is 1020 g/mol. The Hall–Kier alpha value is -10.9. The van der Waals surface area contributed by atoms with Crippen molar-refractivity contribution in [1.82, 2.24) is 34.9 Å². The molecule has 14 aromatic rings. The lowest BCUT2D eigenvalue weighted by atomic mass is 9.96. The Labute approximate surface area is 463 Å². The van der Waals surface area contributed by atoms with Gasteiger partial charge in [-0.25, -0.2) is 34.9 Å². The molecule has 374 valence electrons. The zero-order valence-corrected chi connectivity index (χ0v) is 43.3. The van der Waals surface area contributed by atoms with Crippen LogP contribution in [0.1, 0.15) is 0 Å². The van der Waals surface area contributed by atoms with E-state index in [1.165, 1.54) is 0 Å². The first-order valence-electron chi connectivity index (χ1n) is 26.7. The van der Waals surface area contributed by atoms with Crippen LogP contribution >= 0.6 is 0 Å². The summed E-state index contributed by atoms with van der Waals surface area (Å²) in [5.41, 5.74) is 19.1. The summed E-state index contributed by atoms with van der Waals surface area (Å²) in [6.07, 6.45) is 0. The fourth-order valence-corrected chi connectivity index (χ4v) is 10.4. The van der Waals surface area contributed by atoms with E-state index in [9.17, 15) is 0 Å². The minimum absolute atomic E-state index is 0.595. The van der Waals surface area contributed by atoms with E-state index in [4.69, 9.17) is 34.9 Å². The summed E-state index contributed by atoms with van der Waals surface area (Å²) in [6.45, 7) is 0. The van der Waals surface area contributed by atoms with Gasteiger partial charge in [-0.2, -0.15) is 0 Å². The summed E-state index contributed by atoms with van der Waals surface area (Å²) in [5.74, 6) is 3.22. The molecule has 0 saturated carbocycles. The second-order valence-corrected chi connectivity index (χ2v) is 19.7. The van der Waals surface area contributed by atoms with Gasteiger partial charge >= 0.3 is 0 Å². The van der Waals surface area contributed by atoms with Gasteiger partial charge in [-0.3, -0.25) is 0 Å². The van der Waals surface area contributed by atoms with Crippen molar-refractivity contribution in [1.29, 1.82) is 0 Å². The molecule has 0 radical (unpaired) electrons. The standard InChI is InChI=1S/C73H47N7/c1-4-18-52(19-5-1)69-74-65-34-12-10-32-63(65)67(76-69)50-40-36-48(37-41-50)55-24-14-26-57(44-55)59-28-16-30-61(46-59)72-78-71(54-22-8-3-9-23-54)79-73(80-72)62-31-17-29-60(47-62)58-27-15-25-56(45-58)49-38-42-51(43-39-49)68-64-33-11-13-35-66(64)75-70(77-68)53-20-6-2-7-21-53/h1-47H. The maximum atomic E-state index is 5.21. The molecule has 3 heterocycles. The molecule has 0 aliphatic rings. The number of rotatable bonds is 11. The van der Waals surface area contributed by atoms with Crippen LogP contribution in [-0.2, 0) is 0 Å². The predicted octanol–water partition coefficient (Wildman–Crippen LogP) is 18.1. The van der Waals surface area contributed by atoms with Crippen LogP contribution in [-0.4, -0.2) is 34.9 Å². The van der Waals surface area contributed by atoms with Crippen molar-refractivity contribution in [2.75, 3.05) is 0 Å². The fourth-order valence-electron chi connectivity index (χ4n) is 10.4. The normalized spacial score (nSPS) is 11.2. The van der Waals surface area contributed by atoms with Crippen molar-refractivity contribution in [2.24, 2.45) is 0 Å². The Kier molecular flexibility index (Phi) is 12.4. The summed E-state index contributed by atoms with van der Waals surface area (Å²) in [4.78, 5) is 35.5. The van der Waals surface area contributed by atoms with Crippen LogP contribution in [0.3, 0.4) is 0 Å². The SMILES string of the molecule is c1ccc(-c2nc(-c3cccc(-c4cccc(-c5ccc(-c6nc(-c7ccccc7)nc7ccccc67)cc5)c4)c3)nc(-c3cccc(-c4cccc(-c5ccc(-c6nc(-c7ccccc7)nc7ccccc67)cc5)c4)c3)n2)cc1. The average molecular weight is 1020 g/mol. The Bertz CT molecular complexity index is 4290. The van der Waals surface area contributed by atoms with Crippen LogP contribution in [0.15, 0.2) is 285 Å². The zero-order valence-electron chi connectivity index (χ0n) is 43.3. The van der Waals surface area contributed by atoms with E-state index in [1.54, 1.807) is 0 Å². The molecular formula is C73H47N7. The molecule has 0 aliphatic carbocycles. The van der Waals surface area contributed by atoms with Gasteiger partial charge < -0.3 is 0 Å². The Morgan fingerprint density at radius 2 is 0.400 bits per heavy atom. The molecular weight excluding hydrogens is 975 g/mol. The summed E-state index contributed by atoms with van der Waals surface area (Å²) in [5, 5.41) is 2.04.